The minimum atomic E-state index is -0.115. The number of terminal acetylenes is 1. The van der Waals surface area contributed by atoms with E-state index in [0.717, 1.165) is 30.8 Å². The minimum Gasteiger partial charge on any atom is -0.345 e. The van der Waals surface area contributed by atoms with Crippen molar-refractivity contribution in [3.8, 4) is 23.7 Å². The Bertz CT molecular complexity index is 817. The molecule has 132 valence electrons. The molecular weight excluding hydrogens is 356 g/mol. The number of aryl methyl sites for hydroxylation is 1. The first kappa shape index (κ1) is 19.2. The molecule has 1 aromatic carbocycles. The largest absolute Gasteiger partial charge is 0.345 e. The highest BCUT2D eigenvalue weighted by atomic mass is 35.5. The molecule has 0 aliphatic carbocycles. The summed E-state index contributed by atoms with van der Waals surface area (Å²) in [5, 5.41) is 7.94. The van der Waals surface area contributed by atoms with Crippen molar-refractivity contribution in [2.45, 2.75) is 39.3 Å². The van der Waals surface area contributed by atoms with Gasteiger partial charge in [0.05, 0.1) is 13.1 Å². The molecule has 0 radical (unpaired) electrons. The van der Waals surface area contributed by atoms with Crippen molar-refractivity contribution < 1.29 is 4.79 Å². The fourth-order valence-corrected chi connectivity index (χ4v) is 2.80. The van der Waals surface area contributed by atoms with Crippen LogP contribution in [-0.4, -0.2) is 26.8 Å². The maximum Gasteiger partial charge on any atom is 0.222 e. The number of nitrogens with zero attached hydrogens (tertiary/aromatic N) is 3. The fourth-order valence-electron chi connectivity index (χ4n) is 2.36. The summed E-state index contributed by atoms with van der Waals surface area (Å²) in [4.78, 5) is 11.8. The molecular formula is C18H21ClN4OS. The van der Waals surface area contributed by atoms with E-state index in [9.17, 15) is 4.79 Å². The molecule has 0 aliphatic rings. The predicted molar refractivity (Wildman–Crippen MR) is 103 cm³/mol. The third-order valence-electron chi connectivity index (χ3n) is 3.70. The minimum absolute atomic E-state index is 0.115. The first-order chi connectivity index (χ1) is 12.1. The van der Waals surface area contributed by atoms with E-state index in [0.29, 0.717) is 16.3 Å². The van der Waals surface area contributed by atoms with Gasteiger partial charge in [0.1, 0.15) is 0 Å². The van der Waals surface area contributed by atoms with Gasteiger partial charge >= 0.3 is 0 Å². The highest BCUT2D eigenvalue weighted by molar-refractivity contribution is 7.71. The summed E-state index contributed by atoms with van der Waals surface area (Å²) >= 11 is 11.5. The second kappa shape index (κ2) is 9.40. The molecule has 0 fully saturated rings. The number of aromatic nitrogens is 3. The number of unbranched alkanes of at least 4 members (excludes halogenated alkanes) is 1. The summed E-state index contributed by atoms with van der Waals surface area (Å²) in [6.45, 7) is 3.56. The number of nitrogens with one attached hydrogen (secondary N) is 1. The van der Waals surface area contributed by atoms with E-state index in [-0.39, 0.29) is 18.9 Å². The van der Waals surface area contributed by atoms with Gasteiger partial charge < -0.3 is 5.32 Å². The number of halogens is 1. The second-order valence-electron chi connectivity index (χ2n) is 5.57. The van der Waals surface area contributed by atoms with Gasteiger partial charge in [-0.2, -0.15) is 5.10 Å². The summed E-state index contributed by atoms with van der Waals surface area (Å²) in [7, 11) is 0. The Morgan fingerprint density at radius 1 is 1.36 bits per heavy atom. The Labute approximate surface area is 158 Å². The molecule has 1 aromatic heterocycles. The Morgan fingerprint density at radius 3 is 2.72 bits per heavy atom. The molecule has 0 bridgehead atoms. The van der Waals surface area contributed by atoms with Crippen LogP contribution in [-0.2, 0) is 17.9 Å². The van der Waals surface area contributed by atoms with Gasteiger partial charge in [0.15, 0.2) is 10.6 Å². The van der Waals surface area contributed by atoms with E-state index in [2.05, 4.69) is 23.3 Å². The lowest BCUT2D eigenvalue weighted by molar-refractivity contribution is -0.121. The molecule has 2 aromatic rings. The smallest absolute Gasteiger partial charge is 0.222 e. The Hall–Kier alpha value is -2.10. The lowest BCUT2D eigenvalue weighted by Crippen LogP contribution is -2.24. The van der Waals surface area contributed by atoms with Crippen molar-refractivity contribution in [1.82, 2.24) is 19.7 Å². The molecule has 0 saturated carbocycles. The van der Waals surface area contributed by atoms with Crippen LogP contribution in [0.4, 0.5) is 0 Å². The van der Waals surface area contributed by atoms with E-state index >= 15 is 0 Å². The van der Waals surface area contributed by atoms with Crippen molar-refractivity contribution in [2.75, 3.05) is 6.54 Å². The molecule has 0 unspecified atom stereocenters. The Balaban J connectivity index is 2.26. The number of amides is 1. The van der Waals surface area contributed by atoms with Gasteiger partial charge in [0, 0.05) is 23.6 Å². The molecule has 7 heteroatoms. The van der Waals surface area contributed by atoms with Crippen molar-refractivity contribution in [2.24, 2.45) is 0 Å². The number of hydrogen-bond acceptors (Lipinski definition) is 3. The average molecular weight is 377 g/mol. The summed E-state index contributed by atoms with van der Waals surface area (Å²) in [6, 6.07) is 7.50. The van der Waals surface area contributed by atoms with Gasteiger partial charge in [-0.05, 0) is 42.9 Å². The van der Waals surface area contributed by atoms with Gasteiger partial charge in [0.25, 0.3) is 0 Å². The summed E-state index contributed by atoms with van der Waals surface area (Å²) in [5.74, 6) is 3.06. The second-order valence-corrected chi connectivity index (χ2v) is 6.37. The molecule has 5 nitrogen and oxygen atoms in total. The van der Waals surface area contributed by atoms with Crippen molar-refractivity contribution in [3.63, 3.8) is 0 Å². The monoisotopic (exact) mass is 376 g/mol. The predicted octanol–water partition coefficient (Wildman–Crippen LogP) is 3.67. The molecule has 1 heterocycles. The van der Waals surface area contributed by atoms with Crippen LogP contribution in [0.5, 0.6) is 0 Å². The number of carbonyl (C=O) groups is 1. The quantitative estimate of drug-likeness (QED) is 0.565. The van der Waals surface area contributed by atoms with E-state index in [1.54, 1.807) is 4.68 Å². The summed E-state index contributed by atoms with van der Waals surface area (Å²) < 4.78 is 4.33. The van der Waals surface area contributed by atoms with Gasteiger partial charge in [0.2, 0.25) is 5.91 Å². The number of hydrogen-bond donors (Lipinski definition) is 1. The van der Waals surface area contributed by atoms with Crippen LogP contribution in [0.2, 0.25) is 5.02 Å². The molecule has 0 atom stereocenters. The van der Waals surface area contributed by atoms with Crippen LogP contribution >= 0.6 is 23.8 Å². The lowest BCUT2D eigenvalue weighted by atomic mass is 10.2. The molecule has 1 N–H and O–H groups in total. The molecule has 1 amide bonds. The standard InChI is InChI=1S/C18H21ClN4OS/c1-3-5-12-22-17(14-6-8-15(19)9-7-14)21-23(18(22)25)13-10-16(24)20-11-4-2/h2,6-9H,3,5,10-13H2,1H3,(H,20,24). The third-order valence-corrected chi connectivity index (χ3v) is 4.38. The lowest BCUT2D eigenvalue weighted by Gasteiger charge is -2.05. The van der Waals surface area contributed by atoms with Crippen LogP contribution in [0, 0.1) is 17.1 Å². The van der Waals surface area contributed by atoms with Crippen LogP contribution in [0.3, 0.4) is 0 Å². The average Bonchev–Trinajstić information content (AvgIpc) is 2.93. The zero-order valence-corrected chi connectivity index (χ0v) is 15.7. The normalized spacial score (nSPS) is 10.4. The topological polar surface area (TPSA) is 51.9 Å². The first-order valence-corrected chi connectivity index (χ1v) is 8.99. The van der Waals surface area contributed by atoms with Gasteiger partial charge in [-0.3, -0.25) is 9.36 Å². The maximum absolute atomic E-state index is 11.8. The van der Waals surface area contributed by atoms with E-state index in [1.165, 1.54) is 0 Å². The first-order valence-electron chi connectivity index (χ1n) is 8.20. The van der Waals surface area contributed by atoms with Crippen molar-refractivity contribution in [3.05, 3.63) is 34.1 Å². The highest BCUT2D eigenvalue weighted by Crippen LogP contribution is 2.21. The molecule has 0 spiro atoms. The highest BCUT2D eigenvalue weighted by Gasteiger charge is 2.13. The summed E-state index contributed by atoms with van der Waals surface area (Å²) in [5.41, 5.74) is 0.946. The fraction of sp³-hybridized carbons (Fsp3) is 0.389. The van der Waals surface area contributed by atoms with Crippen molar-refractivity contribution in [1.29, 1.82) is 0 Å². The van der Waals surface area contributed by atoms with Crippen molar-refractivity contribution >= 4 is 29.7 Å². The molecule has 2 rings (SSSR count). The van der Waals surface area contributed by atoms with E-state index in [1.807, 2.05) is 28.8 Å². The van der Waals surface area contributed by atoms with Gasteiger partial charge in [-0.1, -0.05) is 30.9 Å². The zero-order chi connectivity index (χ0) is 18.2. The number of rotatable bonds is 8. The maximum atomic E-state index is 11.8. The van der Waals surface area contributed by atoms with Crippen LogP contribution < -0.4 is 5.32 Å². The zero-order valence-electron chi connectivity index (χ0n) is 14.2. The Morgan fingerprint density at radius 2 is 2.08 bits per heavy atom. The van der Waals surface area contributed by atoms with E-state index < -0.39 is 0 Å². The van der Waals surface area contributed by atoms with Gasteiger partial charge in [-0.15, -0.1) is 6.42 Å². The third kappa shape index (κ3) is 5.18. The van der Waals surface area contributed by atoms with Crippen LogP contribution in [0.25, 0.3) is 11.4 Å². The Kier molecular flexibility index (Phi) is 7.23. The number of carbonyl (C=O) groups excluding carboxylic acids is 1. The number of benzene rings is 1. The van der Waals surface area contributed by atoms with E-state index in [4.69, 9.17) is 30.2 Å². The van der Waals surface area contributed by atoms with Gasteiger partial charge in [-0.25, -0.2) is 4.68 Å². The molecule has 0 saturated heterocycles. The van der Waals surface area contributed by atoms with Crippen LogP contribution in [0.15, 0.2) is 24.3 Å². The molecule has 25 heavy (non-hydrogen) atoms. The summed E-state index contributed by atoms with van der Waals surface area (Å²) in [6.07, 6.45) is 7.48. The SMILES string of the molecule is C#CCNC(=O)CCn1nc(-c2ccc(Cl)cc2)n(CCCC)c1=S. The van der Waals surface area contributed by atoms with Crippen LogP contribution in [0.1, 0.15) is 26.2 Å². The molecule has 0 aliphatic heterocycles.